The van der Waals surface area contributed by atoms with Gasteiger partial charge in [0.15, 0.2) is 0 Å². The van der Waals surface area contributed by atoms with Crippen molar-refractivity contribution < 1.29 is 0 Å². The standard InChI is InChI=1S/C12H8N2.C5H6N2/c1-3-9-5-6-10-4-2-8-14-12(10)11(9)13-7-1;1-5-4-6-2-3-7-5/h1-8H;2-4H,1H3. The van der Waals surface area contributed by atoms with E-state index in [2.05, 4.69) is 44.2 Å². The van der Waals surface area contributed by atoms with Gasteiger partial charge in [-0.3, -0.25) is 19.9 Å². The first-order valence-corrected chi connectivity index (χ1v) is 6.66. The Morgan fingerprint density at radius 3 is 1.71 bits per heavy atom. The summed E-state index contributed by atoms with van der Waals surface area (Å²) in [6.07, 6.45) is 8.66. The Kier molecular flexibility index (Phi) is 3.78. The summed E-state index contributed by atoms with van der Waals surface area (Å²) in [5.74, 6) is 0. The van der Waals surface area contributed by atoms with Gasteiger partial charge in [-0.25, -0.2) is 0 Å². The summed E-state index contributed by atoms with van der Waals surface area (Å²) >= 11 is 0. The Bertz CT molecular complexity index is 805. The molecule has 21 heavy (non-hydrogen) atoms. The van der Waals surface area contributed by atoms with Crippen molar-refractivity contribution in [2.45, 2.75) is 6.92 Å². The molecule has 0 aliphatic rings. The van der Waals surface area contributed by atoms with Crippen molar-refractivity contribution in [2.75, 3.05) is 0 Å². The number of rotatable bonds is 0. The second-order valence-electron chi connectivity index (χ2n) is 4.56. The monoisotopic (exact) mass is 274 g/mol. The Hall–Kier alpha value is -2.88. The quantitative estimate of drug-likeness (QED) is 0.460. The Morgan fingerprint density at radius 2 is 1.29 bits per heavy atom. The van der Waals surface area contributed by atoms with Crippen LogP contribution in [0.5, 0.6) is 0 Å². The number of hydrogen-bond acceptors (Lipinski definition) is 4. The molecule has 0 saturated carbocycles. The molecule has 0 fully saturated rings. The highest BCUT2D eigenvalue weighted by atomic mass is 14.7. The topological polar surface area (TPSA) is 51.6 Å². The first kappa shape index (κ1) is 13.1. The second kappa shape index (κ2) is 6.05. The van der Waals surface area contributed by atoms with Crippen LogP contribution in [0, 0.1) is 6.92 Å². The van der Waals surface area contributed by atoms with Gasteiger partial charge in [-0.1, -0.05) is 24.3 Å². The van der Waals surface area contributed by atoms with Gasteiger partial charge in [0, 0.05) is 41.8 Å². The van der Waals surface area contributed by atoms with Gasteiger partial charge in [0.1, 0.15) is 0 Å². The number of nitrogens with zero attached hydrogens (tertiary/aromatic N) is 4. The third-order valence-corrected chi connectivity index (χ3v) is 3.04. The van der Waals surface area contributed by atoms with Crippen molar-refractivity contribution in [3.05, 3.63) is 73.1 Å². The summed E-state index contributed by atoms with van der Waals surface area (Å²) in [5.41, 5.74) is 2.92. The van der Waals surface area contributed by atoms with Crippen molar-refractivity contribution in [3.8, 4) is 0 Å². The number of aryl methyl sites for hydroxylation is 1. The van der Waals surface area contributed by atoms with Crippen LogP contribution in [-0.2, 0) is 0 Å². The second-order valence-corrected chi connectivity index (χ2v) is 4.56. The average molecular weight is 274 g/mol. The maximum atomic E-state index is 4.35. The van der Waals surface area contributed by atoms with Gasteiger partial charge in [0.25, 0.3) is 0 Å². The zero-order valence-corrected chi connectivity index (χ0v) is 11.6. The van der Waals surface area contributed by atoms with Crippen LogP contribution in [0.3, 0.4) is 0 Å². The van der Waals surface area contributed by atoms with Gasteiger partial charge in [0.05, 0.1) is 16.7 Å². The molecule has 3 aromatic heterocycles. The molecule has 1 aromatic carbocycles. The van der Waals surface area contributed by atoms with E-state index in [4.69, 9.17) is 0 Å². The predicted molar refractivity (Wildman–Crippen MR) is 83.8 cm³/mol. The molecule has 102 valence electrons. The molecule has 4 rings (SSSR count). The predicted octanol–water partition coefficient (Wildman–Crippen LogP) is 3.57. The van der Waals surface area contributed by atoms with Crippen LogP contribution in [0.25, 0.3) is 21.8 Å². The molecule has 0 atom stereocenters. The van der Waals surface area contributed by atoms with Crippen LogP contribution < -0.4 is 0 Å². The van der Waals surface area contributed by atoms with Gasteiger partial charge >= 0.3 is 0 Å². The van der Waals surface area contributed by atoms with E-state index in [9.17, 15) is 0 Å². The highest BCUT2D eigenvalue weighted by Gasteiger charge is 2.00. The zero-order valence-electron chi connectivity index (χ0n) is 11.6. The van der Waals surface area contributed by atoms with Crippen LogP contribution >= 0.6 is 0 Å². The third-order valence-electron chi connectivity index (χ3n) is 3.04. The normalized spacial score (nSPS) is 10.1. The number of benzene rings is 1. The Morgan fingerprint density at radius 1 is 0.667 bits per heavy atom. The number of pyridine rings is 2. The SMILES string of the molecule is Cc1cnccn1.c1cnc2c(c1)ccc1cccnc12. The minimum Gasteiger partial charge on any atom is -0.261 e. The highest BCUT2D eigenvalue weighted by molar-refractivity contribution is 6.02. The molecular weight excluding hydrogens is 260 g/mol. The Balaban J connectivity index is 0.000000160. The molecule has 4 heteroatoms. The fourth-order valence-corrected chi connectivity index (χ4v) is 2.05. The largest absolute Gasteiger partial charge is 0.261 e. The van der Waals surface area contributed by atoms with E-state index >= 15 is 0 Å². The summed E-state index contributed by atoms with van der Waals surface area (Å²) in [7, 11) is 0. The van der Waals surface area contributed by atoms with Crippen LogP contribution in [-0.4, -0.2) is 19.9 Å². The third kappa shape index (κ3) is 3.00. The van der Waals surface area contributed by atoms with E-state index in [1.807, 2.05) is 19.1 Å². The van der Waals surface area contributed by atoms with E-state index in [0.717, 1.165) is 27.5 Å². The first-order chi connectivity index (χ1) is 10.3. The molecule has 0 unspecified atom stereocenters. The average Bonchev–Trinajstić information content (AvgIpc) is 2.56. The number of fused-ring (bicyclic) bond motifs is 3. The zero-order chi connectivity index (χ0) is 14.5. The summed E-state index contributed by atoms with van der Waals surface area (Å²) in [4.78, 5) is 16.4. The summed E-state index contributed by atoms with van der Waals surface area (Å²) in [6, 6.07) is 12.1. The van der Waals surface area contributed by atoms with Crippen LogP contribution in [0.15, 0.2) is 67.4 Å². The lowest BCUT2D eigenvalue weighted by Gasteiger charge is -2.00. The van der Waals surface area contributed by atoms with Gasteiger partial charge < -0.3 is 0 Å². The first-order valence-electron chi connectivity index (χ1n) is 6.66. The van der Waals surface area contributed by atoms with Crippen LogP contribution in [0.4, 0.5) is 0 Å². The molecule has 0 radical (unpaired) electrons. The van der Waals surface area contributed by atoms with Gasteiger partial charge in [0.2, 0.25) is 0 Å². The summed E-state index contributed by atoms with van der Waals surface area (Å²) in [6.45, 7) is 1.91. The summed E-state index contributed by atoms with van der Waals surface area (Å²) < 4.78 is 0. The Labute approximate surface area is 122 Å². The van der Waals surface area contributed by atoms with Crippen molar-refractivity contribution in [1.29, 1.82) is 0 Å². The van der Waals surface area contributed by atoms with E-state index < -0.39 is 0 Å². The smallest absolute Gasteiger partial charge is 0.0964 e. The molecule has 0 aliphatic heterocycles. The maximum Gasteiger partial charge on any atom is 0.0964 e. The minimum atomic E-state index is 0.961. The van der Waals surface area contributed by atoms with E-state index in [1.165, 1.54) is 0 Å². The molecule has 0 N–H and O–H groups in total. The maximum absolute atomic E-state index is 4.35. The molecule has 4 aromatic rings. The molecule has 0 bridgehead atoms. The van der Waals surface area contributed by atoms with Crippen LogP contribution in [0.2, 0.25) is 0 Å². The lowest BCUT2D eigenvalue weighted by Crippen LogP contribution is -1.83. The summed E-state index contributed by atoms with van der Waals surface area (Å²) in [5, 5.41) is 2.28. The van der Waals surface area contributed by atoms with Crippen molar-refractivity contribution in [1.82, 2.24) is 19.9 Å². The molecule has 0 spiro atoms. The number of hydrogen-bond donors (Lipinski definition) is 0. The van der Waals surface area contributed by atoms with E-state index in [1.54, 1.807) is 31.0 Å². The van der Waals surface area contributed by atoms with Gasteiger partial charge in [-0.2, -0.15) is 0 Å². The highest BCUT2D eigenvalue weighted by Crippen LogP contribution is 2.20. The van der Waals surface area contributed by atoms with Gasteiger partial charge in [-0.05, 0) is 19.1 Å². The fraction of sp³-hybridized carbons (Fsp3) is 0.0588. The molecule has 4 nitrogen and oxygen atoms in total. The molecule has 0 saturated heterocycles. The molecule has 0 amide bonds. The fourth-order valence-electron chi connectivity index (χ4n) is 2.05. The lowest BCUT2D eigenvalue weighted by atomic mass is 10.1. The van der Waals surface area contributed by atoms with Gasteiger partial charge in [-0.15, -0.1) is 0 Å². The molecule has 3 heterocycles. The molecule has 0 aliphatic carbocycles. The van der Waals surface area contributed by atoms with Crippen molar-refractivity contribution in [3.63, 3.8) is 0 Å². The molecular formula is C17H14N4. The number of aromatic nitrogens is 4. The van der Waals surface area contributed by atoms with Crippen molar-refractivity contribution in [2.24, 2.45) is 0 Å². The lowest BCUT2D eigenvalue weighted by molar-refractivity contribution is 1.12. The minimum absolute atomic E-state index is 0.961. The van der Waals surface area contributed by atoms with E-state index in [-0.39, 0.29) is 0 Å². The van der Waals surface area contributed by atoms with E-state index in [0.29, 0.717) is 0 Å². The van der Waals surface area contributed by atoms with Crippen molar-refractivity contribution >= 4 is 21.8 Å². The van der Waals surface area contributed by atoms with Crippen LogP contribution in [0.1, 0.15) is 5.69 Å².